The van der Waals surface area contributed by atoms with Crippen LogP contribution in [0, 0.1) is 6.57 Å². The van der Waals surface area contributed by atoms with Crippen LogP contribution in [0.5, 0.6) is 0 Å². The number of anilines is 1. The summed E-state index contributed by atoms with van der Waals surface area (Å²) < 4.78 is 2.25. The van der Waals surface area contributed by atoms with Crippen molar-refractivity contribution in [3.8, 4) is 0 Å². The number of nitrogens with two attached hydrogens (primary N) is 1. The summed E-state index contributed by atoms with van der Waals surface area (Å²) in [5, 5.41) is 0. The fourth-order valence-electron chi connectivity index (χ4n) is 1.77. The maximum atomic E-state index is 12.0. The molecule has 0 aliphatic rings. The van der Waals surface area contributed by atoms with E-state index in [4.69, 9.17) is 12.3 Å². The van der Waals surface area contributed by atoms with E-state index >= 15 is 0 Å². The van der Waals surface area contributed by atoms with Crippen molar-refractivity contribution < 1.29 is 0 Å². The summed E-state index contributed by atoms with van der Waals surface area (Å²) in [4.78, 5) is 26.8. The third-order valence-corrected chi connectivity index (χ3v) is 2.87. The minimum atomic E-state index is -0.496. The minimum Gasteiger partial charge on any atom is -0.385 e. The van der Waals surface area contributed by atoms with Crippen LogP contribution in [0.2, 0.25) is 0 Å². The van der Waals surface area contributed by atoms with Crippen molar-refractivity contribution in [1.29, 1.82) is 0 Å². The van der Waals surface area contributed by atoms with Crippen LogP contribution in [0.3, 0.4) is 0 Å². The predicted octanol–water partition coefficient (Wildman–Crippen LogP) is 0.728. The fourth-order valence-corrected chi connectivity index (χ4v) is 1.77. The molecule has 1 heterocycles. The summed E-state index contributed by atoms with van der Waals surface area (Å²) in [5.74, 6) is 0.0906. The van der Waals surface area contributed by atoms with Crippen molar-refractivity contribution in [1.82, 2.24) is 9.13 Å². The Morgan fingerprint density at radius 3 is 2.68 bits per heavy atom. The lowest BCUT2D eigenvalue weighted by Gasteiger charge is -2.11. The Hall–Kier alpha value is -2.81. The zero-order valence-corrected chi connectivity index (χ0v) is 10.3. The predicted molar refractivity (Wildman–Crippen MR) is 72.2 cm³/mol. The maximum Gasteiger partial charge on any atom is 0.332 e. The van der Waals surface area contributed by atoms with Gasteiger partial charge in [0, 0.05) is 19.7 Å². The highest BCUT2D eigenvalue weighted by molar-refractivity contribution is 5.52. The summed E-state index contributed by atoms with van der Waals surface area (Å²) in [6.45, 7) is 7.25. The van der Waals surface area contributed by atoms with Crippen LogP contribution in [0.4, 0.5) is 11.5 Å². The SMILES string of the molecule is [C-]#[N+]c1ccccc1Cn1c(N)cc(=O)n(C)c1=O. The molecule has 0 atom stereocenters. The molecule has 2 N–H and O–H groups in total. The van der Waals surface area contributed by atoms with Gasteiger partial charge in [-0.1, -0.05) is 24.3 Å². The molecule has 6 heteroatoms. The summed E-state index contributed by atoms with van der Waals surface area (Å²) in [6, 6.07) is 8.16. The summed E-state index contributed by atoms with van der Waals surface area (Å²) >= 11 is 0. The first-order chi connectivity index (χ1) is 9.04. The lowest BCUT2D eigenvalue weighted by Crippen LogP contribution is -2.38. The van der Waals surface area contributed by atoms with Gasteiger partial charge >= 0.3 is 5.69 Å². The Morgan fingerprint density at radius 1 is 1.32 bits per heavy atom. The van der Waals surface area contributed by atoms with Gasteiger partial charge in [-0.25, -0.2) is 9.64 Å². The van der Waals surface area contributed by atoms with E-state index in [9.17, 15) is 9.59 Å². The summed E-state index contributed by atoms with van der Waals surface area (Å²) in [6.07, 6.45) is 0. The molecule has 0 saturated carbocycles. The van der Waals surface area contributed by atoms with Gasteiger partial charge in [0.2, 0.25) is 0 Å². The zero-order chi connectivity index (χ0) is 14.0. The number of hydrogen-bond acceptors (Lipinski definition) is 3. The molecule has 1 aromatic heterocycles. The van der Waals surface area contributed by atoms with Crippen molar-refractivity contribution in [2.45, 2.75) is 6.54 Å². The van der Waals surface area contributed by atoms with E-state index in [1.165, 1.54) is 17.7 Å². The van der Waals surface area contributed by atoms with Gasteiger partial charge in [0.1, 0.15) is 5.82 Å². The zero-order valence-electron chi connectivity index (χ0n) is 10.3. The van der Waals surface area contributed by atoms with Crippen molar-refractivity contribution in [3.63, 3.8) is 0 Å². The van der Waals surface area contributed by atoms with Gasteiger partial charge < -0.3 is 5.73 Å². The molecule has 0 amide bonds. The van der Waals surface area contributed by atoms with Crippen LogP contribution in [0.15, 0.2) is 39.9 Å². The molecule has 2 aromatic rings. The second-order valence-corrected chi connectivity index (χ2v) is 4.08. The number of rotatable bonds is 2. The third-order valence-electron chi connectivity index (χ3n) is 2.87. The van der Waals surface area contributed by atoms with Gasteiger partial charge in [-0.3, -0.25) is 13.9 Å². The molecular formula is C13H12N4O2. The summed E-state index contributed by atoms with van der Waals surface area (Å²) in [5.41, 5.74) is 5.91. The highest BCUT2D eigenvalue weighted by atomic mass is 16.2. The molecule has 96 valence electrons. The molecule has 0 bridgehead atoms. The van der Waals surface area contributed by atoms with E-state index in [2.05, 4.69) is 4.85 Å². The molecule has 0 aliphatic heterocycles. The monoisotopic (exact) mass is 256 g/mol. The van der Waals surface area contributed by atoms with E-state index < -0.39 is 11.2 Å². The molecule has 19 heavy (non-hydrogen) atoms. The van der Waals surface area contributed by atoms with Crippen LogP contribution < -0.4 is 17.0 Å². The standard InChI is InChI=1S/C13H12N4O2/c1-15-10-6-4-3-5-9(10)8-17-11(14)7-12(18)16(2)13(17)19/h3-7H,8,14H2,2H3. The lowest BCUT2D eigenvalue weighted by molar-refractivity contribution is 0.655. The smallest absolute Gasteiger partial charge is 0.332 e. The average molecular weight is 256 g/mol. The fraction of sp³-hybridized carbons (Fsp3) is 0.154. The Morgan fingerprint density at radius 2 is 2.00 bits per heavy atom. The second-order valence-electron chi connectivity index (χ2n) is 4.08. The molecule has 0 spiro atoms. The Labute approximate surface area is 109 Å². The first-order valence-corrected chi connectivity index (χ1v) is 5.56. The van der Waals surface area contributed by atoms with Crippen LogP contribution in [-0.4, -0.2) is 9.13 Å². The maximum absolute atomic E-state index is 12.0. The Balaban J connectivity index is 2.57. The van der Waals surface area contributed by atoms with Gasteiger partial charge in [-0.2, -0.15) is 0 Å². The van der Waals surface area contributed by atoms with E-state index in [0.717, 1.165) is 4.57 Å². The third kappa shape index (κ3) is 2.26. The van der Waals surface area contributed by atoms with E-state index in [1.54, 1.807) is 24.3 Å². The number of aromatic nitrogens is 2. The first kappa shape index (κ1) is 12.6. The molecule has 0 radical (unpaired) electrons. The molecule has 1 aromatic carbocycles. The lowest BCUT2D eigenvalue weighted by atomic mass is 10.2. The van der Waals surface area contributed by atoms with Gasteiger partial charge in [-0.15, -0.1) is 0 Å². The van der Waals surface area contributed by atoms with E-state index in [1.807, 2.05) is 0 Å². The number of nitrogens with zero attached hydrogens (tertiary/aromatic N) is 3. The average Bonchev–Trinajstić information content (AvgIpc) is 2.41. The molecule has 0 fully saturated rings. The second kappa shape index (κ2) is 4.82. The van der Waals surface area contributed by atoms with Gasteiger partial charge in [0.05, 0.1) is 6.57 Å². The van der Waals surface area contributed by atoms with Gasteiger partial charge in [0.25, 0.3) is 5.56 Å². The topological polar surface area (TPSA) is 74.4 Å². The molecule has 0 aliphatic carbocycles. The Kier molecular flexibility index (Phi) is 3.21. The van der Waals surface area contributed by atoms with Crippen LogP contribution >= 0.6 is 0 Å². The number of benzene rings is 1. The Bertz CT molecular complexity index is 780. The number of para-hydroxylation sites is 1. The molecule has 2 rings (SSSR count). The number of nitrogen functional groups attached to an aromatic ring is 1. The van der Waals surface area contributed by atoms with Crippen LogP contribution in [0.25, 0.3) is 4.85 Å². The van der Waals surface area contributed by atoms with Crippen LogP contribution in [-0.2, 0) is 13.6 Å². The van der Waals surface area contributed by atoms with E-state index in [-0.39, 0.29) is 12.4 Å². The van der Waals surface area contributed by atoms with E-state index in [0.29, 0.717) is 11.3 Å². The molecule has 0 saturated heterocycles. The van der Waals surface area contributed by atoms with Crippen molar-refractivity contribution in [2.24, 2.45) is 7.05 Å². The normalized spacial score (nSPS) is 10.1. The largest absolute Gasteiger partial charge is 0.385 e. The minimum absolute atomic E-state index is 0.0906. The van der Waals surface area contributed by atoms with Gasteiger partial charge in [0.15, 0.2) is 5.69 Å². The van der Waals surface area contributed by atoms with Crippen LogP contribution in [0.1, 0.15) is 5.56 Å². The molecule has 0 unspecified atom stereocenters. The summed E-state index contributed by atoms with van der Waals surface area (Å²) in [7, 11) is 1.39. The van der Waals surface area contributed by atoms with Crippen molar-refractivity contribution >= 4 is 11.5 Å². The van der Waals surface area contributed by atoms with Crippen molar-refractivity contribution in [2.75, 3.05) is 5.73 Å². The molecule has 6 nitrogen and oxygen atoms in total. The number of hydrogen-bond donors (Lipinski definition) is 1. The first-order valence-electron chi connectivity index (χ1n) is 5.56. The van der Waals surface area contributed by atoms with Crippen molar-refractivity contribution in [3.05, 3.63) is 68.2 Å². The quantitative estimate of drug-likeness (QED) is 0.805. The highest BCUT2D eigenvalue weighted by Crippen LogP contribution is 2.19. The molecular weight excluding hydrogens is 244 g/mol. The van der Waals surface area contributed by atoms with Gasteiger partial charge in [-0.05, 0) is 5.56 Å². The highest BCUT2D eigenvalue weighted by Gasteiger charge is 2.09.